The van der Waals surface area contributed by atoms with Crippen LogP contribution < -0.4 is 5.56 Å². The van der Waals surface area contributed by atoms with E-state index >= 15 is 0 Å². The fourth-order valence-corrected chi connectivity index (χ4v) is 2.27. The zero-order chi connectivity index (χ0) is 16.3. The number of carbonyl (C=O) groups is 1. The molecular weight excluding hydrogens is 327 g/mol. The third-order valence-electron chi connectivity index (χ3n) is 2.91. The van der Waals surface area contributed by atoms with Crippen LogP contribution in [0.25, 0.3) is 0 Å². The average Bonchev–Trinajstić information content (AvgIpc) is 2.46. The van der Waals surface area contributed by atoms with Crippen molar-refractivity contribution in [3.63, 3.8) is 0 Å². The topological polar surface area (TPSA) is 61.2 Å². The molecule has 0 saturated carbocycles. The first-order valence-electron chi connectivity index (χ1n) is 6.62. The third-order valence-corrected chi connectivity index (χ3v) is 3.65. The van der Waals surface area contributed by atoms with Gasteiger partial charge in [0, 0.05) is 0 Å². The van der Waals surface area contributed by atoms with E-state index < -0.39 is 11.5 Å². The van der Waals surface area contributed by atoms with Gasteiger partial charge in [-0.25, -0.2) is 9.48 Å². The van der Waals surface area contributed by atoms with Crippen LogP contribution in [-0.2, 0) is 11.3 Å². The molecule has 2 aromatic rings. The van der Waals surface area contributed by atoms with E-state index in [4.69, 9.17) is 27.9 Å². The van der Waals surface area contributed by atoms with Gasteiger partial charge >= 0.3 is 5.97 Å². The second kappa shape index (κ2) is 6.94. The lowest BCUT2D eigenvalue weighted by atomic mass is 10.2. The number of esters is 1. The van der Waals surface area contributed by atoms with Gasteiger partial charge in [-0.1, -0.05) is 29.3 Å². The molecule has 2 rings (SSSR count). The number of nitrogens with zero attached hydrogens (tertiary/aromatic N) is 2. The SMILES string of the molecule is CCOC(=O)c1cc(C)nn(Cc2ccc(Cl)c(Cl)c2)c1=O. The lowest BCUT2D eigenvalue weighted by Crippen LogP contribution is -2.30. The van der Waals surface area contributed by atoms with Gasteiger partial charge in [0.2, 0.25) is 0 Å². The summed E-state index contributed by atoms with van der Waals surface area (Å²) in [6.45, 7) is 3.77. The highest BCUT2D eigenvalue weighted by Gasteiger charge is 2.15. The second-order valence-electron chi connectivity index (χ2n) is 4.63. The lowest BCUT2D eigenvalue weighted by Gasteiger charge is -2.09. The molecule has 1 aromatic carbocycles. The van der Waals surface area contributed by atoms with Crippen molar-refractivity contribution in [2.24, 2.45) is 0 Å². The Labute approximate surface area is 137 Å². The standard InChI is InChI=1S/C15H14Cl2N2O3/c1-3-22-15(21)11-6-9(2)18-19(14(11)20)8-10-4-5-12(16)13(17)7-10/h4-7H,3,8H2,1-2H3. The minimum atomic E-state index is -0.652. The number of aryl methyl sites for hydroxylation is 1. The van der Waals surface area contributed by atoms with Gasteiger partial charge in [0.1, 0.15) is 5.56 Å². The zero-order valence-corrected chi connectivity index (χ0v) is 13.6. The highest BCUT2D eigenvalue weighted by atomic mass is 35.5. The number of ether oxygens (including phenoxy) is 1. The monoisotopic (exact) mass is 340 g/mol. The van der Waals surface area contributed by atoms with Crippen LogP contribution in [0, 0.1) is 6.92 Å². The molecule has 0 spiro atoms. The van der Waals surface area contributed by atoms with E-state index in [9.17, 15) is 9.59 Å². The van der Waals surface area contributed by atoms with Crippen molar-refractivity contribution < 1.29 is 9.53 Å². The number of aromatic nitrogens is 2. The number of hydrogen-bond donors (Lipinski definition) is 0. The Hall–Kier alpha value is -1.85. The molecule has 116 valence electrons. The van der Waals surface area contributed by atoms with Gasteiger partial charge in [0.25, 0.3) is 5.56 Å². The van der Waals surface area contributed by atoms with Gasteiger partial charge in [0.05, 0.1) is 28.9 Å². The van der Waals surface area contributed by atoms with Gasteiger partial charge in [-0.2, -0.15) is 5.10 Å². The summed E-state index contributed by atoms with van der Waals surface area (Å²) in [6, 6.07) is 6.47. The number of carbonyl (C=O) groups excluding carboxylic acids is 1. The van der Waals surface area contributed by atoms with Crippen molar-refractivity contribution in [2.45, 2.75) is 20.4 Å². The Bertz CT molecular complexity index is 772. The lowest BCUT2D eigenvalue weighted by molar-refractivity contribution is 0.0523. The molecule has 0 bridgehead atoms. The normalized spacial score (nSPS) is 10.5. The van der Waals surface area contributed by atoms with Gasteiger partial charge in [0.15, 0.2) is 0 Å². The first-order valence-corrected chi connectivity index (χ1v) is 7.37. The fourth-order valence-electron chi connectivity index (χ4n) is 1.95. The van der Waals surface area contributed by atoms with Crippen LogP contribution in [0.2, 0.25) is 10.0 Å². The van der Waals surface area contributed by atoms with Crippen LogP contribution in [0.15, 0.2) is 29.1 Å². The summed E-state index contributed by atoms with van der Waals surface area (Å²) in [6.07, 6.45) is 0. The molecule has 0 atom stereocenters. The van der Waals surface area contributed by atoms with Crippen molar-refractivity contribution in [1.82, 2.24) is 9.78 Å². The van der Waals surface area contributed by atoms with Gasteiger partial charge in [-0.05, 0) is 37.6 Å². The van der Waals surface area contributed by atoms with E-state index in [0.29, 0.717) is 15.7 Å². The third kappa shape index (κ3) is 3.67. The summed E-state index contributed by atoms with van der Waals surface area (Å²) in [4.78, 5) is 24.2. The molecule has 0 N–H and O–H groups in total. The quantitative estimate of drug-likeness (QED) is 0.802. The maximum absolute atomic E-state index is 12.3. The molecule has 5 nitrogen and oxygen atoms in total. The Kier molecular flexibility index (Phi) is 5.21. The van der Waals surface area contributed by atoms with E-state index in [2.05, 4.69) is 5.10 Å². The van der Waals surface area contributed by atoms with Crippen LogP contribution in [0.1, 0.15) is 28.5 Å². The Morgan fingerprint density at radius 1 is 1.27 bits per heavy atom. The molecule has 0 amide bonds. The largest absolute Gasteiger partial charge is 0.462 e. The Morgan fingerprint density at radius 2 is 2.00 bits per heavy atom. The van der Waals surface area contributed by atoms with E-state index in [1.54, 1.807) is 32.0 Å². The molecule has 0 aliphatic heterocycles. The van der Waals surface area contributed by atoms with Crippen molar-refractivity contribution in [2.75, 3.05) is 6.61 Å². The smallest absolute Gasteiger partial charge is 0.343 e. The minimum Gasteiger partial charge on any atom is -0.462 e. The summed E-state index contributed by atoms with van der Waals surface area (Å²) in [5, 5.41) is 4.97. The van der Waals surface area contributed by atoms with Crippen LogP contribution in [0.5, 0.6) is 0 Å². The summed E-state index contributed by atoms with van der Waals surface area (Å²) < 4.78 is 6.09. The van der Waals surface area contributed by atoms with E-state index in [0.717, 1.165) is 5.56 Å². The second-order valence-corrected chi connectivity index (χ2v) is 5.45. The average molecular weight is 341 g/mol. The Morgan fingerprint density at radius 3 is 2.64 bits per heavy atom. The molecule has 22 heavy (non-hydrogen) atoms. The van der Waals surface area contributed by atoms with Crippen molar-refractivity contribution >= 4 is 29.2 Å². The van der Waals surface area contributed by atoms with Gasteiger partial charge in [-0.15, -0.1) is 0 Å². The highest BCUT2D eigenvalue weighted by Crippen LogP contribution is 2.22. The maximum Gasteiger partial charge on any atom is 0.343 e. The summed E-state index contributed by atoms with van der Waals surface area (Å²) in [7, 11) is 0. The predicted molar refractivity (Wildman–Crippen MR) is 84.8 cm³/mol. The molecule has 0 radical (unpaired) electrons. The number of rotatable bonds is 4. The molecule has 0 aliphatic carbocycles. The minimum absolute atomic E-state index is 0.0330. The molecule has 0 unspecified atom stereocenters. The molecule has 1 aromatic heterocycles. The zero-order valence-electron chi connectivity index (χ0n) is 12.1. The highest BCUT2D eigenvalue weighted by molar-refractivity contribution is 6.42. The van der Waals surface area contributed by atoms with Crippen LogP contribution >= 0.6 is 23.2 Å². The predicted octanol–water partition coefficient (Wildman–Crippen LogP) is 3.08. The Balaban J connectivity index is 2.41. The molecule has 7 heteroatoms. The van der Waals surface area contributed by atoms with Crippen molar-refractivity contribution in [1.29, 1.82) is 0 Å². The van der Waals surface area contributed by atoms with Crippen molar-refractivity contribution in [3.05, 3.63) is 61.5 Å². The van der Waals surface area contributed by atoms with E-state index in [-0.39, 0.29) is 18.7 Å². The molecular formula is C15H14Cl2N2O3. The maximum atomic E-state index is 12.3. The number of benzene rings is 1. The number of hydrogen-bond acceptors (Lipinski definition) is 4. The first kappa shape index (κ1) is 16.5. The van der Waals surface area contributed by atoms with Crippen molar-refractivity contribution in [3.8, 4) is 0 Å². The van der Waals surface area contributed by atoms with Gasteiger partial charge in [-0.3, -0.25) is 4.79 Å². The van der Waals surface area contributed by atoms with Crippen LogP contribution in [0.4, 0.5) is 0 Å². The molecule has 0 saturated heterocycles. The number of halogens is 2. The summed E-state index contributed by atoms with van der Waals surface area (Å²) >= 11 is 11.8. The summed E-state index contributed by atoms with van der Waals surface area (Å²) in [5.74, 6) is -0.652. The molecule has 0 aliphatic rings. The van der Waals surface area contributed by atoms with E-state index in [1.807, 2.05) is 0 Å². The molecule has 1 heterocycles. The van der Waals surface area contributed by atoms with E-state index in [1.165, 1.54) is 10.7 Å². The van der Waals surface area contributed by atoms with Crippen LogP contribution in [-0.4, -0.2) is 22.4 Å². The molecule has 0 fully saturated rings. The fraction of sp³-hybridized carbons (Fsp3) is 0.267. The first-order chi connectivity index (χ1) is 10.4. The van der Waals surface area contributed by atoms with Gasteiger partial charge < -0.3 is 4.74 Å². The van der Waals surface area contributed by atoms with Crippen LogP contribution in [0.3, 0.4) is 0 Å². The summed E-state index contributed by atoms with van der Waals surface area (Å²) in [5.41, 5.74) is 0.761.